The van der Waals surface area contributed by atoms with E-state index in [0.29, 0.717) is 23.7 Å². The number of benzene rings is 1. The maximum atomic E-state index is 12.0. The summed E-state index contributed by atoms with van der Waals surface area (Å²) in [5.74, 6) is 0.426. The number of aromatic amines is 1. The van der Waals surface area contributed by atoms with E-state index in [-0.39, 0.29) is 5.91 Å². The predicted octanol–water partition coefficient (Wildman–Crippen LogP) is 2.41. The van der Waals surface area contributed by atoms with Crippen molar-refractivity contribution in [2.24, 2.45) is 0 Å². The van der Waals surface area contributed by atoms with Crippen molar-refractivity contribution in [3.63, 3.8) is 0 Å². The summed E-state index contributed by atoms with van der Waals surface area (Å²) in [6.07, 6.45) is 2.71. The van der Waals surface area contributed by atoms with Crippen molar-refractivity contribution in [3.05, 3.63) is 58.9 Å². The van der Waals surface area contributed by atoms with Gasteiger partial charge in [0.1, 0.15) is 11.8 Å². The fourth-order valence-corrected chi connectivity index (χ4v) is 3.35. The first kappa shape index (κ1) is 16.3. The lowest BCUT2D eigenvalue weighted by Crippen LogP contribution is -2.34. The number of nitrogens with zero attached hydrogens (tertiary/aromatic N) is 2. The Morgan fingerprint density at radius 1 is 1.46 bits per heavy atom. The molecule has 5 nitrogen and oxygen atoms in total. The lowest BCUT2D eigenvalue weighted by Gasteiger charge is -2.17. The van der Waals surface area contributed by atoms with Crippen molar-refractivity contribution >= 4 is 5.91 Å². The van der Waals surface area contributed by atoms with Crippen LogP contribution in [0, 0.1) is 18.3 Å². The van der Waals surface area contributed by atoms with E-state index in [1.807, 2.05) is 6.07 Å². The Balaban J connectivity index is 1.46. The number of rotatable bonds is 5. The van der Waals surface area contributed by atoms with E-state index >= 15 is 0 Å². The Morgan fingerprint density at radius 3 is 3.04 bits per heavy atom. The fourth-order valence-electron chi connectivity index (χ4n) is 3.35. The molecule has 3 rings (SSSR count). The van der Waals surface area contributed by atoms with Gasteiger partial charge >= 0.3 is 0 Å². The molecular weight excluding hydrogens is 300 g/mol. The van der Waals surface area contributed by atoms with Gasteiger partial charge < -0.3 is 15.2 Å². The first-order valence-corrected chi connectivity index (χ1v) is 8.32. The van der Waals surface area contributed by atoms with Gasteiger partial charge in [0.25, 0.3) is 5.91 Å². The average Bonchev–Trinajstić information content (AvgIpc) is 3.24. The molecule has 1 aromatic carbocycles. The Bertz CT molecular complexity index is 759. The first-order chi connectivity index (χ1) is 11.7. The zero-order valence-corrected chi connectivity index (χ0v) is 13.9. The molecule has 0 saturated carbocycles. The third-order valence-electron chi connectivity index (χ3n) is 4.67. The molecule has 0 aliphatic carbocycles. The molecule has 1 aromatic heterocycles. The zero-order valence-electron chi connectivity index (χ0n) is 13.9. The minimum absolute atomic E-state index is 0.161. The van der Waals surface area contributed by atoms with E-state index in [1.54, 1.807) is 12.3 Å². The summed E-state index contributed by atoms with van der Waals surface area (Å²) in [4.78, 5) is 17.2. The molecule has 1 aliphatic rings. The van der Waals surface area contributed by atoms with Crippen LogP contribution in [0.15, 0.2) is 36.5 Å². The number of aryl methyl sites for hydroxylation is 1. The minimum Gasteiger partial charge on any atom is -0.356 e. The zero-order chi connectivity index (χ0) is 16.9. The number of hydrogen-bond donors (Lipinski definition) is 2. The molecule has 1 fully saturated rings. The third kappa shape index (κ3) is 3.66. The highest BCUT2D eigenvalue weighted by Crippen LogP contribution is 2.28. The molecule has 2 aromatic rings. The van der Waals surface area contributed by atoms with Crippen LogP contribution >= 0.6 is 0 Å². The monoisotopic (exact) mass is 322 g/mol. The van der Waals surface area contributed by atoms with Gasteiger partial charge in [-0.2, -0.15) is 5.26 Å². The van der Waals surface area contributed by atoms with Crippen molar-refractivity contribution in [3.8, 4) is 6.07 Å². The highest BCUT2D eigenvalue weighted by atomic mass is 16.1. The predicted molar refractivity (Wildman–Crippen MR) is 92.8 cm³/mol. The molecule has 1 saturated heterocycles. The van der Waals surface area contributed by atoms with Crippen LogP contribution in [0.25, 0.3) is 0 Å². The number of aromatic nitrogens is 1. The summed E-state index contributed by atoms with van der Waals surface area (Å²) < 4.78 is 0. The van der Waals surface area contributed by atoms with Crippen LogP contribution in [0.4, 0.5) is 0 Å². The van der Waals surface area contributed by atoms with Crippen molar-refractivity contribution in [2.45, 2.75) is 19.3 Å². The first-order valence-electron chi connectivity index (χ1n) is 8.32. The molecule has 0 bridgehead atoms. The summed E-state index contributed by atoms with van der Waals surface area (Å²) in [7, 11) is 0. The lowest BCUT2D eigenvalue weighted by molar-refractivity contribution is 0.0945. The molecule has 1 atom stereocenters. The van der Waals surface area contributed by atoms with Gasteiger partial charge in [-0.3, -0.25) is 4.79 Å². The number of carbonyl (C=O) groups is 1. The fraction of sp³-hybridized carbons (Fsp3) is 0.368. The van der Waals surface area contributed by atoms with Crippen LogP contribution in [0.2, 0.25) is 0 Å². The highest BCUT2D eigenvalue weighted by molar-refractivity contribution is 5.92. The van der Waals surface area contributed by atoms with E-state index < -0.39 is 0 Å². The molecule has 0 unspecified atom stereocenters. The SMILES string of the molecule is Cc1ccccc1[C@@H]1CCN(CCNC(=O)c2cc(C#N)c[nH]2)C1. The molecule has 1 aliphatic heterocycles. The van der Waals surface area contributed by atoms with Crippen LogP contribution < -0.4 is 5.32 Å². The highest BCUT2D eigenvalue weighted by Gasteiger charge is 2.24. The van der Waals surface area contributed by atoms with Crippen LogP contribution in [0.3, 0.4) is 0 Å². The van der Waals surface area contributed by atoms with E-state index in [4.69, 9.17) is 5.26 Å². The topological polar surface area (TPSA) is 71.9 Å². The Hall–Kier alpha value is -2.58. The molecule has 0 spiro atoms. The summed E-state index contributed by atoms with van der Waals surface area (Å²) in [5.41, 5.74) is 3.71. The molecule has 2 heterocycles. The number of hydrogen-bond acceptors (Lipinski definition) is 3. The number of nitriles is 1. The van der Waals surface area contributed by atoms with Gasteiger partial charge in [0.05, 0.1) is 5.56 Å². The molecule has 1 amide bonds. The second-order valence-corrected chi connectivity index (χ2v) is 6.31. The third-order valence-corrected chi connectivity index (χ3v) is 4.67. The average molecular weight is 322 g/mol. The van der Waals surface area contributed by atoms with Gasteiger partial charge in [0, 0.05) is 25.8 Å². The van der Waals surface area contributed by atoms with Crippen LogP contribution in [-0.4, -0.2) is 42.0 Å². The van der Waals surface area contributed by atoms with Gasteiger partial charge in [-0.1, -0.05) is 24.3 Å². The van der Waals surface area contributed by atoms with E-state index in [2.05, 4.69) is 46.4 Å². The molecular formula is C19H22N4O. The molecule has 124 valence electrons. The molecule has 2 N–H and O–H groups in total. The standard InChI is InChI=1S/C19H22N4O/c1-14-4-2-3-5-17(14)16-6-8-23(13-16)9-7-21-19(24)18-10-15(11-20)12-22-18/h2-5,10,12,16,22H,6-9,13H2,1H3,(H,21,24)/t16-/m1/s1. The van der Waals surface area contributed by atoms with Crippen LogP contribution in [-0.2, 0) is 0 Å². The Kier molecular flexibility index (Phi) is 4.97. The molecule has 0 radical (unpaired) electrons. The van der Waals surface area contributed by atoms with Crippen molar-refractivity contribution < 1.29 is 4.79 Å². The van der Waals surface area contributed by atoms with E-state index in [9.17, 15) is 4.79 Å². The second-order valence-electron chi connectivity index (χ2n) is 6.31. The van der Waals surface area contributed by atoms with E-state index in [0.717, 1.165) is 19.6 Å². The summed E-state index contributed by atoms with van der Waals surface area (Å²) in [5, 5.41) is 11.7. The number of amides is 1. The maximum Gasteiger partial charge on any atom is 0.267 e. The Morgan fingerprint density at radius 2 is 2.29 bits per heavy atom. The number of H-pyrrole nitrogens is 1. The molecule has 24 heavy (non-hydrogen) atoms. The van der Waals surface area contributed by atoms with Crippen LogP contribution in [0.1, 0.15) is 39.5 Å². The summed E-state index contributed by atoms with van der Waals surface area (Å²) in [6, 6.07) is 12.2. The number of carbonyl (C=O) groups excluding carboxylic acids is 1. The Labute approximate surface area is 142 Å². The van der Waals surface area contributed by atoms with E-state index in [1.165, 1.54) is 17.5 Å². The molecule has 5 heteroatoms. The normalized spacial score (nSPS) is 17.6. The summed E-state index contributed by atoms with van der Waals surface area (Å²) >= 11 is 0. The van der Waals surface area contributed by atoms with Crippen molar-refractivity contribution in [2.75, 3.05) is 26.2 Å². The van der Waals surface area contributed by atoms with Crippen LogP contribution in [0.5, 0.6) is 0 Å². The van der Waals surface area contributed by atoms with Gasteiger partial charge in [-0.15, -0.1) is 0 Å². The van der Waals surface area contributed by atoms with Gasteiger partial charge in [-0.05, 0) is 43.0 Å². The minimum atomic E-state index is -0.161. The smallest absolute Gasteiger partial charge is 0.267 e. The van der Waals surface area contributed by atoms with Crippen molar-refractivity contribution in [1.82, 2.24) is 15.2 Å². The van der Waals surface area contributed by atoms with Gasteiger partial charge in [-0.25, -0.2) is 0 Å². The quantitative estimate of drug-likeness (QED) is 0.888. The number of likely N-dealkylation sites (tertiary alicyclic amines) is 1. The number of nitrogens with one attached hydrogen (secondary N) is 2. The maximum absolute atomic E-state index is 12.0. The lowest BCUT2D eigenvalue weighted by atomic mass is 9.94. The van der Waals surface area contributed by atoms with Gasteiger partial charge in [0.2, 0.25) is 0 Å². The summed E-state index contributed by atoms with van der Waals surface area (Å²) in [6.45, 7) is 5.74. The van der Waals surface area contributed by atoms with Crippen molar-refractivity contribution in [1.29, 1.82) is 5.26 Å². The van der Waals surface area contributed by atoms with Gasteiger partial charge in [0.15, 0.2) is 0 Å². The largest absolute Gasteiger partial charge is 0.356 e. The second kappa shape index (κ2) is 7.33.